The number of nitrogens with two attached hydrogens (primary N) is 1. The minimum atomic E-state index is 0.771. The minimum Gasteiger partial charge on any atom is -0.398 e. The van der Waals surface area contributed by atoms with Gasteiger partial charge in [0, 0.05) is 11.1 Å². The van der Waals surface area contributed by atoms with Crippen LogP contribution in [0.25, 0.3) is 10.9 Å². The normalized spacial score (nSPS) is 10.4. The summed E-state index contributed by atoms with van der Waals surface area (Å²) in [5.41, 5.74) is 7.44. The fourth-order valence-electron chi connectivity index (χ4n) is 1.15. The molecule has 0 radical (unpaired) electrons. The monoisotopic (exact) mass is 222 g/mol. The molecule has 3 heteroatoms. The van der Waals surface area contributed by atoms with Crippen LogP contribution in [0.4, 0.5) is 5.69 Å². The molecule has 0 bridgehead atoms. The second-order valence-electron chi connectivity index (χ2n) is 2.55. The van der Waals surface area contributed by atoms with Crippen LogP contribution in [0.15, 0.2) is 34.9 Å². The number of nitrogens with zero attached hydrogens (tertiary/aromatic N) is 1. The Bertz CT molecular complexity index is 426. The van der Waals surface area contributed by atoms with Crippen molar-refractivity contribution in [2.75, 3.05) is 5.73 Å². The number of halogens is 1. The molecule has 0 saturated heterocycles. The number of fused-ring (bicyclic) bond motifs is 1. The van der Waals surface area contributed by atoms with Crippen LogP contribution in [0.2, 0.25) is 0 Å². The molecular weight excluding hydrogens is 216 g/mol. The van der Waals surface area contributed by atoms with E-state index in [1.807, 2.05) is 30.3 Å². The van der Waals surface area contributed by atoms with Crippen LogP contribution in [-0.4, -0.2) is 4.98 Å². The summed E-state index contributed by atoms with van der Waals surface area (Å²) in [4.78, 5) is 4.27. The molecule has 0 saturated carbocycles. The second-order valence-corrected chi connectivity index (χ2v) is 3.36. The lowest BCUT2D eigenvalue weighted by Gasteiger charge is -1.99. The quantitative estimate of drug-likeness (QED) is 0.550. The summed E-state index contributed by atoms with van der Waals surface area (Å²) in [5, 5.41) is 1.00. The minimum absolute atomic E-state index is 0.771. The fourth-order valence-corrected chi connectivity index (χ4v) is 1.48. The molecule has 0 amide bonds. The first-order valence-electron chi connectivity index (χ1n) is 3.58. The van der Waals surface area contributed by atoms with Crippen molar-refractivity contribution in [1.29, 1.82) is 0 Å². The van der Waals surface area contributed by atoms with E-state index in [2.05, 4.69) is 20.9 Å². The van der Waals surface area contributed by atoms with Crippen LogP contribution < -0.4 is 5.73 Å². The van der Waals surface area contributed by atoms with Gasteiger partial charge in [0.15, 0.2) is 0 Å². The topological polar surface area (TPSA) is 38.9 Å². The SMILES string of the molecule is Nc1cccc2nc(Br)ccc12. The van der Waals surface area contributed by atoms with Crippen molar-refractivity contribution in [3.8, 4) is 0 Å². The van der Waals surface area contributed by atoms with Crippen LogP contribution in [-0.2, 0) is 0 Å². The lowest BCUT2D eigenvalue weighted by molar-refractivity contribution is 1.35. The fraction of sp³-hybridized carbons (Fsp3) is 0. The molecule has 60 valence electrons. The molecule has 2 N–H and O–H groups in total. The maximum Gasteiger partial charge on any atom is 0.106 e. The molecular formula is C9H7BrN2. The van der Waals surface area contributed by atoms with Crippen molar-refractivity contribution in [2.45, 2.75) is 0 Å². The number of hydrogen-bond donors (Lipinski definition) is 1. The number of pyridine rings is 1. The molecule has 0 aliphatic rings. The van der Waals surface area contributed by atoms with E-state index in [-0.39, 0.29) is 0 Å². The van der Waals surface area contributed by atoms with Crippen molar-refractivity contribution in [3.05, 3.63) is 34.9 Å². The van der Waals surface area contributed by atoms with Crippen LogP contribution in [0.5, 0.6) is 0 Å². The van der Waals surface area contributed by atoms with E-state index in [4.69, 9.17) is 5.73 Å². The van der Waals surface area contributed by atoms with E-state index in [1.165, 1.54) is 0 Å². The Morgan fingerprint density at radius 3 is 2.83 bits per heavy atom. The van der Waals surface area contributed by atoms with Gasteiger partial charge in [0.05, 0.1) is 5.52 Å². The van der Waals surface area contributed by atoms with Crippen LogP contribution in [0, 0.1) is 0 Å². The highest BCUT2D eigenvalue weighted by atomic mass is 79.9. The largest absolute Gasteiger partial charge is 0.398 e. The van der Waals surface area contributed by atoms with E-state index >= 15 is 0 Å². The van der Waals surface area contributed by atoms with E-state index in [0.29, 0.717) is 0 Å². The summed E-state index contributed by atoms with van der Waals surface area (Å²) in [6.45, 7) is 0. The molecule has 0 fully saturated rings. The average Bonchev–Trinajstić information content (AvgIpc) is 2.04. The molecule has 0 aliphatic heterocycles. The lowest BCUT2D eigenvalue weighted by atomic mass is 10.2. The third-order valence-electron chi connectivity index (χ3n) is 1.73. The van der Waals surface area contributed by atoms with Gasteiger partial charge in [-0.1, -0.05) is 6.07 Å². The van der Waals surface area contributed by atoms with Crippen molar-refractivity contribution in [3.63, 3.8) is 0 Å². The van der Waals surface area contributed by atoms with Crippen LogP contribution in [0.3, 0.4) is 0 Å². The predicted octanol–water partition coefficient (Wildman–Crippen LogP) is 2.58. The number of benzene rings is 1. The summed E-state index contributed by atoms with van der Waals surface area (Å²) >= 11 is 3.31. The molecule has 2 nitrogen and oxygen atoms in total. The Balaban J connectivity index is 2.86. The average molecular weight is 223 g/mol. The van der Waals surface area contributed by atoms with Crippen molar-refractivity contribution < 1.29 is 0 Å². The first-order valence-corrected chi connectivity index (χ1v) is 4.37. The molecule has 1 heterocycles. The number of nitrogen functional groups attached to an aromatic ring is 1. The summed E-state index contributed by atoms with van der Waals surface area (Å²) in [6, 6.07) is 9.56. The van der Waals surface area contributed by atoms with Gasteiger partial charge in [-0.3, -0.25) is 0 Å². The summed E-state index contributed by atoms with van der Waals surface area (Å²) in [6.07, 6.45) is 0. The Kier molecular flexibility index (Phi) is 1.73. The zero-order valence-electron chi connectivity index (χ0n) is 6.29. The first-order chi connectivity index (χ1) is 5.77. The van der Waals surface area contributed by atoms with Crippen molar-refractivity contribution >= 4 is 32.5 Å². The molecule has 0 unspecified atom stereocenters. The lowest BCUT2D eigenvalue weighted by Crippen LogP contribution is -1.87. The highest BCUT2D eigenvalue weighted by Gasteiger charge is 1.97. The molecule has 2 aromatic rings. The Hall–Kier alpha value is -1.09. The standard InChI is InChI=1S/C9H7BrN2/c10-9-5-4-6-7(11)2-1-3-8(6)12-9/h1-5H,11H2. The van der Waals surface area contributed by atoms with Gasteiger partial charge in [-0.15, -0.1) is 0 Å². The van der Waals surface area contributed by atoms with E-state index in [1.54, 1.807) is 0 Å². The third-order valence-corrected chi connectivity index (χ3v) is 2.17. The molecule has 0 aliphatic carbocycles. The predicted molar refractivity (Wildman–Crippen MR) is 53.9 cm³/mol. The first kappa shape index (κ1) is 7.55. The van der Waals surface area contributed by atoms with Gasteiger partial charge in [0.2, 0.25) is 0 Å². The van der Waals surface area contributed by atoms with Crippen LogP contribution >= 0.6 is 15.9 Å². The maximum atomic E-state index is 5.75. The molecule has 0 spiro atoms. The second kappa shape index (κ2) is 2.75. The van der Waals surface area contributed by atoms with Gasteiger partial charge >= 0.3 is 0 Å². The smallest absolute Gasteiger partial charge is 0.106 e. The van der Waals surface area contributed by atoms with E-state index in [0.717, 1.165) is 21.2 Å². The Labute approximate surface area is 78.5 Å². The maximum absolute atomic E-state index is 5.75. The van der Waals surface area contributed by atoms with Crippen molar-refractivity contribution in [2.24, 2.45) is 0 Å². The number of hydrogen-bond acceptors (Lipinski definition) is 2. The van der Waals surface area contributed by atoms with Gasteiger partial charge in [0.1, 0.15) is 4.60 Å². The molecule has 0 atom stereocenters. The van der Waals surface area contributed by atoms with Gasteiger partial charge < -0.3 is 5.73 Å². The highest BCUT2D eigenvalue weighted by molar-refractivity contribution is 9.10. The van der Waals surface area contributed by atoms with Crippen LogP contribution in [0.1, 0.15) is 0 Å². The Morgan fingerprint density at radius 1 is 1.17 bits per heavy atom. The molecule has 1 aromatic carbocycles. The highest BCUT2D eigenvalue weighted by Crippen LogP contribution is 2.20. The van der Waals surface area contributed by atoms with E-state index in [9.17, 15) is 0 Å². The number of aromatic nitrogens is 1. The number of anilines is 1. The zero-order valence-corrected chi connectivity index (χ0v) is 7.88. The summed E-state index contributed by atoms with van der Waals surface area (Å²) < 4.78 is 0.834. The van der Waals surface area contributed by atoms with Crippen molar-refractivity contribution in [1.82, 2.24) is 4.98 Å². The van der Waals surface area contributed by atoms with Gasteiger partial charge in [-0.25, -0.2) is 4.98 Å². The molecule has 2 rings (SSSR count). The molecule has 1 aromatic heterocycles. The zero-order chi connectivity index (χ0) is 8.55. The van der Waals surface area contributed by atoms with E-state index < -0.39 is 0 Å². The summed E-state index contributed by atoms with van der Waals surface area (Å²) in [5.74, 6) is 0. The number of rotatable bonds is 0. The molecule has 12 heavy (non-hydrogen) atoms. The third kappa shape index (κ3) is 1.16. The van der Waals surface area contributed by atoms with Gasteiger partial charge in [-0.05, 0) is 40.2 Å². The van der Waals surface area contributed by atoms with Gasteiger partial charge in [-0.2, -0.15) is 0 Å². The van der Waals surface area contributed by atoms with Gasteiger partial charge in [0.25, 0.3) is 0 Å². The summed E-state index contributed by atoms with van der Waals surface area (Å²) in [7, 11) is 0. The Morgan fingerprint density at radius 2 is 2.00 bits per heavy atom.